The summed E-state index contributed by atoms with van der Waals surface area (Å²) in [5, 5.41) is 23.4. The third-order valence-corrected chi connectivity index (χ3v) is 7.91. The van der Waals surface area contributed by atoms with Gasteiger partial charge in [-0.15, -0.1) is 10.2 Å². The van der Waals surface area contributed by atoms with Crippen molar-refractivity contribution in [2.45, 2.75) is 69.4 Å². The van der Waals surface area contributed by atoms with Gasteiger partial charge in [-0.05, 0) is 44.7 Å². The summed E-state index contributed by atoms with van der Waals surface area (Å²) in [5.74, 6) is 1.66. The van der Waals surface area contributed by atoms with Gasteiger partial charge < -0.3 is 9.88 Å². The predicted octanol–water partition coefficient (Wildman–Crippen LogP) is 3.26. The number of nitro groups is 1. The van der Waals surface area contributed by atoms with Crippen LogP contribution in [0.25, 0.3) is 0 Å². The molecule has 31 heavy (non-hydrogen) atoms. The van der Waals surface area contributed by atoms with Crippen molar-refractivity contribution in [3.8, 4) is 0 Å². The lowest BCUT2D eigenvalue weighted by molar-refractivity contribution is -0.384. The average Bonchev–Trinajstić information content (AvgIpc) is 2.98. The first-order valence-electron chi connectivity index (χ1n) is 10.8. The summed E-state index contributed by atoms with van der Waals surface area (Å²) in [4.78, 5) is 11.2. The fraction of sp³-hybridized carbons (Fsp3) is 0.600. The molecule has 1 unspecified atom stereocenters. The monoisotopic (exact) mass is 448 g/mol. The Balaban J connectivity index is 1.60. The van der Waals surface area contributed by atoms with Gasteiger partial charge in [0, 0.05) is 32.1 Å². The Hall–Kier alpha value is -2.53. The van der Waals surface area contributed by atoms with Crippen LogP contribution in [0.5, 0.6) is 0 Å². The Kier molecular flexibility index (Phi) is 6.24. The predicted molar refractivity (Wildman–Crippen MR) is 115 cm³/mol. The summed E-state index contributed by atoms with van der Waals surface area (Å²) in [7, 11) is -3.77. The van der Waals surface area contributed by atoms with Gasteiger partial charge >= 0.3 is 0 Å². The molecule has 2 aliphatic rings. The molecular weight excluding hydrogens is 420 g/mol. The molecule has 0 saturated carbocycles. The first kappa shape index (κ1) is 21.7. The topological polar surface area (TPSA) is 123 Å². The second-order valence-electron chi connectivity index (χ2n) is 8.20. The fourth-order valence-corrected chi connectivity index (χ4v) is 5.86. The highest BCUT2D eigenvalue weighted by atomic mass is 32.2. The molecule has 2 aromatic rings. The van der Waals surface area contributed by atoms with Crippen LogP contribution < -0.4 is 5.32 Å². The van der Waals surface area contributed by atoms with Gasteiger partial charge in [-0.25, -0.2) is 8.42 Å². The van der Waals surface area contributed by atoms with Crippen LogP contribution in [0.3, 0.4) is 0 Å². The normalized spacial score (nSPS) is 18.7. The molecule has 0 spiro atoms. The Morgan fingerprint density at radius 2 is 1.77 bits per heavy atom. The molecule has 11 heteroatoms. The number of aryl methyl sites for hydroxylation is 1. The van der Waals surface area contributed by atoms with Gasteiger partial charge in [0.1, 0.15) is 11.5 Å². The number of nitro benzene ring substituents is 1. The molecule has 2 aliphatic heterocycles. The van der Waals surface area contributed by atoms with Crippen molar-refractivity contribution in [3.63, 3.8) is 0 Å². The zero-order chi connectivity index (χ0) is 22.0. The van der Waals surface area contributed by atoms with Crippen molar-refractivity contribution in [2.75, 3.05) is 18.4 Å². The van der Waals surface area contributed by atoms with Gasteiger partial charge in [-0.1, -0.05) is 12.8 Å². The van der Waals surface area contributed by atoms with E-state index in [0.29, 0.717) is 13.1 Å². The smallest absolute Gasteiger partial charge is 0.293 e. The summed E-state index contributed by atoms with van der Waals surface area (Å²) < 4.78 is 29.6. The van der Waals surface area contributed by atoms with Crippen molar-refractivity contribution >= 4 is 21.4 Å². The van der Waals surface area contributed by atoms with Gasteiger partial charge in [0.25, 0.3) is 5.69 Å². The van der Waals surface area contributed by atoms with E-state index in [1.165, 1.54) is 16.4 Å². The zero-order valence-corrected chi connectivity index (χ0v) is 18.5. The van der Waals surface area contributed by atoms with E-state index in [-0.39, 0.29) is 22.3 Å². The highest BCUT2D eigenvalue weighted by Gasteiger charge is 2.29. The van der Waals surface area contributed by atoms with Crippen LogP contribution in [-0.2, 0) is 23.0 Å². The Labute approximate surface area is 181 Å². The number of fused-ring (bicyclic) bond motifs is 1. The van der Waals surface area contributed by atoms with Crippen molar-refractivity contribution < 1.29 is 13.3 Å². The number of hydrogen-bond donors (Lipinski definition) is 1. The summed E-state index contributed by atoms with van der Waals surface area (Å²) in [6, 6.07) is 3.77. The van der Waals surface area contributed by atoms with E-state index in [1.54, 1.807) is 0 Å². The molecule has 1 aromatic heterocycles. The molecule has 0 radical (unpaired) electrons. The Morgan fingerprint density at radius 3 is 2.48 bits per heavy atom. The highest BCUT2D eigenvalue weighted by molar-refractivity contribution is 7.89. The maximum atomic E-state index is 13.1. The third kappa shape index (κ3) is 4.42. The standard InChI is InChI=1S/C20H28N6O4S/c1-15(20-23-22-19-8-4-7-13-25(19)20)21-17-10-9-16(14-18(17)26(27)28)31(29,30)24-11-5-2-3-6-12-24/h9-10,14-15,21H,2-8,11-13H2,1H3. The molecule has 10 nitrogen and oxygen atoms in total. The molecule has 0 aliphatic carbocycles. The molecule has 1 fully saturated rings. The number of sulfonamides is 1. The molecule has 0 bridgehead atoms. The van der Waals surface area contributed by atoms with Crippen molar-refractivity contribution in [1.29, 1.82) is 0 Å². The molecule has 1 N–H and O–H groups in total. The molecule has 1 aromatic carbocycles. The van der Waals surface area contributed by atoms with Crippen LogP contribution >= 0.6 is 0 Å². The summed E-state index contributed by atoms with van der Waals surface area (Å²) in [6.45, 7) is 3.60. The number of nitrogens with zero attached hydrogens (tertiary/aromatic N) is 5. The largest absolute Gasteiger partial charge is 0.370 e. The zero-order valence-electron chi connectivity index (χ0n) is 17.7. The second-order valence-corrected chi connectivity index (χ2v) is 10.1. The first-order chi connectivity index (χ1) is 14.9. The van der Waals surface area contributed by atoms with Crippen LogP contribution in [0.15, 0.2) is 23.1 Å². The fourth-order valence-electron chi connectivity index (χ4n) is 4.33. The molecule has 0 amide bonds. The van der Waals surface area contributed by atoms with Gasteiger partial charge in [0.2, 0.25) is 10.0 Å². The molecule has 4 rings (SSSR count). The Bertz CT molecular complexity index is 1060. The van der Waals surface area contributed by atoms with Gasteiger partial charge in [-0.3, -0.25) is 10.1 Å². The third-order valence-electron chi connectivity index (χ3n) is 6.02. The van der Waals surface area contributed by atoms with Crippen molar-refractivity contribution in [2.24, 2.45) is 0 Å². The highest BCUT2D eigenvalue weighted by Crippen LogP contribution is 2.32. The number of nitrogens with one attached hydrogen (secondary N) is 1. The molecule has 1 saturated heterocycles. The van der Waals surface area contributed by atoms with E-state index in [2.05, 4.69) is 20.1 Å². The van der Waals surface area contributed by atoms with E-state index in [0.717, 1.165) is 69.2 Å². The number of anilines is 1. The lowest BCUT2D eigenvalue weighted by Crippen LogP contribution is -2.32. The SMILES string of the molecule is CC(Nc1ccc(S(=O)(=O)N2CCCCCC2)cc1[N+](=O)[O-])c1nnc2n1CCCC2. The van der Waals surface area contributed by atoms with Crippen molar-refractivity contribution in [3.05, 3.63) is 40.0 Å². The molecule has 3 heterocycles. The van der Waals surface area contributed by atoms with Crippen LogP contribution in [0.1, 0.15) is 63.1 Å². The summed E-state index contributed by atoms with van der Waals surface area (Å²) in [6.07, 6.45) is 6.62. The summed E-state index contributed by atoms with van der Waals surface area (Å²) >= 11 is 0. The molecule has 1 atom stereocenters. The van der Waals surface area contributed by atoms with Crippen LogP contribution in [0.2, 0.25) is 0 Å². The van der Waals surface area contributed by atoms with Crippen LogP contribution in [0.4, 0.5) is 11.4 Å². The summed E-state index contributed by atoms with van der Waals surface area (Å²) in [5.41, 5.74) is 0.00149. The van der Waals surface area contributed by atoms with E-state index < -0.39 is 14.9 Å². The van der Waals surface area contributed by atoms with Gasteiger partial charge in [-0.2, -0.15) is 4.31 Å². The van der Waals surface area contributed by atoms with E-state index in [1.807, 2.05) is 6.92 Å². The lowest BCUT2D eigenvalue weighted by atomic mass is 10.1. The Morgan fingerprint density at radius 1 is 1.06 bits per heavy atom. The minimum absolute atomic E-state index is 0.0424. The molecule has 168 valence electrons. The minimum atomic E-state index is -3.77. The number of benzene rings is 1. The van der Waals surface area contributed by atoms with Gasteiger partial charge in [0.15, 0.2) is 5.82 Å². The quantitative estimate of drug-likeness (QED) is 0.531. The number of aromatic nitrogens is 3. The molecular formula is C20H28N6O4S. The second kappa shape index (κ2) is 8.91. The maximum Gasteiger partial charge on any atom is 0.293 e. The minimum Gasteiger partial charge on any atom is -0.370 e. The van der Waals surface area contributed by atoms with Crippen LogP contribution in [0, 0.1) is 10.1 Å². The number of hydrogen-bond acceptors (Lipinski definition) is 7. The first-order valence-corrected chi connectivity index (χ1v) is 12.3. The van der Waals surface area contributed by atoms with E-state index in [4.69, 9.17) is 0 Å². The van der Waals surface area contributed by atoms with E-state index in [9.17, 15) is 18.5 Å². The van der Waals surface area contributed by atoms with Gasteiger partial charge in [0.05, 0.1) is 15.9 Å². The lowest BCUT2D eigenvalue weighted by Gasteiger charge is -2.21. The van der Waals surface area contributed by atoms with Crippen LogP contribution in [-0.4, -0.2) is 45.5 Å². The average molecular weight is 449 g/mol. The van der Waals surface area contributed by atoms with E-state index >= 15 is 0 Å². The maximum absolute atomic E-state index is 13.1. The van der Waals surface area contributed by atoms with Crippen molar-refractivity contribution in [1.82, 2.24) is 19.1 Å². The number of rotatable bonds is 6.